The van der Waals surface area contributed by atoms with Gasteiger partial charge in [-0.3, -0.25) is 14.2 Å². The number of amides is 1. The fourth-order valence-corrected chi connectivity index (χ4v) is 4.33. The fourth-order valence-electron chi connectivity index (χ4n) is 3.11. The first-order valence-corrected chi connectivity index (χ1v) is 9.19. The highest BCUT2D eigenvalue weighted by atomic mass is 32.1. The maximum absolute atomic E-state index is 12.8. The predicted octanol–water partition coefficient (Wildman–Crippen LogP) is 1.40. The van der Waals surface area contributed by atoms with Gasteiger partial charge >= 0.3 is 5.97 Å². The van der Waals surface area contributed by atoms with E-state index < -0.39 is 12.0 Å². The lowest BCUT2D eigenvalue weighted by atomic mass is 9.97. The van der Waals surface area contributed by atoms with E-state index in [1.807, 2.05) is 0 Å². The second-order valence-corrected chi connectivity index (χ2v) is 7.28. The van der Waals surface area contributed by atoms with Crippen LogP contribution in [-0.2, 0) is 33.7 Å². The summed E-state index contributed by atoms with van der Waals surface area (Å²) in [6.45, 7) is 1.78. The molecule has 0 unspecified atom stereocenters. The van der Waals surface area contributed by atoms with E-state index in [1.54, 1.807) is 18.3 Å². The third-order valence-electron chi connectivity index (χ3n) is 4.45. The molecule has 0 aliphatic heterocycles. The Morgan fingerprint density at radius 3 is 2.92 bits per heavy atom. The number of rotatable bonds is 5. The van der Waals surface area contributed by atoms with Gasteiger partial charge in [-0.25, -0.2) is 9.78 Å². The van der Waals surface area contributed by atoms with Gasteiger partial charge in [-0.15, -0.1) is 11.3 Å². The Bertz CT molecular complexity index is 871. The quantitative estimate of drug-likeness (QED) is 0.811. The topological polar surface area (TPSA) is 90.3 Å². The number of hydrogen-bond donors (Lipinski definition) is 1. The van der Waals surface area contributed by atoms with Crippen molar-refractivity contribution in [1.29, 1.82) is 0 Å². The Balaban J connectivity index is 1.74. The van der Waals surface area contributed by atoms with E-state index in [2.05, 4.69) is 15.0 Å². The third kappa shape index (κ3) is 3.58. The number of aryl methyl sites for hydroxylation is 3. The summed E-state index contributed by atoms with van der Waals surface area (Å²) in [6.07, 6.45) is 5.80. The molecule has 1 amide bonds. The number of thiophene rings is 1. The van der Waals surface area contributed by atoms with Crippen LogP contribution in [0.2, 0.25) is 0 Å². The number of fused-ring (bicyclic) bond motifs is 3. The summed E-state index contributed by atoms with van der Waals surface area (Å²) in [5.41, 5.74) is 1.06. The smallest absolute Gasteiger partial charge is 0.328 e. The molecule has 1 atom stereocenters. The summed E-state index contributed by atoms with van der Waals surface area (Å²) in [4.78, 5) is 42.5. The van der Waals surface area contributed by atoms with Crippen LogP contribution < -0.4 is 10.9 Å². The second-order valence-electron chi connectivity index (χ2n) is 6.20. The molecule has 0 saturated heterocycles. The first-order chi connectivity index (χ1) is 12.0. The summed E-state index contributed by atoms with van der Waals surface area (Å²) in [6, 6.07) is -0.710. The van der Waals surface area contributed by atoms with E-state index >= 15 is 0 Å². The molecule has 0 radical (unpaired) electrons. The molecular weight excluding hydrogens is 342 g/mol. The summed E-state index contributed by atoms with van der Waals surface area (Å²) in [5, 5.41) is 3.27. The lowest BCUT2D eigenvalue weighted by molar-refractivity contribution is -0.144. The SMILES string of the molecule is COC(=O)[C@H](C)NC(=O)CCn1cnc2sc3c(c2c1=O)CCCC3. The Hall–Kier alpha value is -2.22. The van der Waals surface area contributed by atoms with Gasteiger partial charge in [0.05, 0.1) is 18.8 Å². The van der Waals surface area contributed by atoms with Crippen LogP contribution in [0.1, 0.15) is 36.6 Å². The summed E-state index contributed by atoms with van der Waals surface area (Å²) >= 11 is 1.61. The molecule has 3 rings (SSSR count). The van der Waals surface area contributed by atoms with Crippen molar-refractivity contribution in [2.75, 3.05) is 7.11 Å². The monoisotopic (exact) mass is 363 g/mol. The Morgan fingerprint density at radius 2 is 2.16 bits per heavy atom. The molecule has 0 fully saturated rings. The minimum Gasteiger partial charge on any atom is -0.467 e. The Labute approximate surface area is 149 Å². The number of methoxy groups -OCH3 is 1. The van der Waals surface area contributed by atoms with Gasteiger partial charge in [0.15, 0.2) is 0 Å². The highest BCUT2D eigenvalue weighted by Gasteiger charge is 2.20. The van der Waals surface area contributed by atoms with Crippen molar-refractivity contribution < 1.29 is 14.3 Å². The molecule has 1 aliphatic rings. The van der Waals surface area contributed by atoms with Gasteiger partial charge in [0.2, 0.25) is 5.91 Å². The molecule has 0 spiro atoms. The van der Waals surface area contributed by atoms with Crippen LogP contribution >= 0.6 is 11.3 Å². The normalized spacial score (nSPS) is 14.8. The summed E-state index contributed by atoms with van der Waals surface area (Å²) in [5.74, 6) is -0.809. The lowest BCUT2D eigenvalue weighted by Gasteiger charge is -2.12. The van der Waals surface area contributed by atoms with Crippen molar-refractivity contribution in [3.63, 3.8) is 0 Å². The molecule has 1 N–H and O–H groups in total. The van der Waals surface area contributed by atoms with Gasteiger partial charge in [0.25, 0.3) is 5.56 Å². The first kappa shape index (κ1) is 17.6. The van der Waals surface area contributed by atoms with Crippen molar-refractivity contribution in [3.8, 4) is 0 Å². The van der Waals surface area contributed by atoms with Crippen LogP contribution in [0.25, 0.3) is 10.2 Å². The van der Waals surface area contributed by atoms with Crippen LogP contribution in [0.3, 0.4) is 0 Å². The highest BCUT2D eigenvalue weighted by Crippen LogP contribution is 2.33. The van der Waals surface area contributed by atoms with Gasteiger partial charge in [-0.05, 0) is 38.2 Å². The molecule has 2 aromatic rings. The maximum atomic E-state index is 12.8. The van der Waals surface area contributed by atoms with E-state index in [-0.39, 0.29) is 24.4 Å². The molecule has 2 aromatic heterocycles. The molecule has 0 bridgehead atoms. The number of carbonyl (C=O) groups is 2. The number of aromatic nitrogens is 2. The molecule has 7 nitrogen and oxygen atoms in total. The molecular formula is C17H21N3O4S. The minimum absolute atomic E-state index is 0.0850. The Kier molecular flexibility index (Phi) is 5.17. The van der Waals surface area contributed by atoms with E-state index in [1.165, 1.54) is 22.9 Å². The van der Waals surface area contributed by atoms with Crippen LogP contribution in [0.5, 0.6) is 0 Å². The zero-order valence-corrected chi connectivity index (χ0v) is 15.1. The molecule has 0 aromatic carbocycles. The number of nitrogens with zero attached hydrogens (tertiary/aromatic N) is 2. The summed E-state index contributed by atoms with van der Waals surface area (Å²) in [7, 11) is 1.27. The minimum atomic E-state index is -0.710. The molecule has 25 heavy (non-hydrogen) atoms. The van der Waals surface area contributed by atoms with E-state index in [0.29, 0.717) is 5.39 Å². The zero-order chi connectivity index (χ0) is 18.0. The number of esters is 1. The van der Waals surface area contributed by atoms with Crippen molar-refractivity contribution in [2.24, 2.45) is 0 Å². The van der Waals surface area contributed by atoms with Crippen molar-refractivity contribution in [1.82, 2.24) is 14.9 Å². The Morgan fingerprint density at radius 1 is 1.40 bits per heavy atom. The number of nitrogens with one attached hydrogen (secondary N) is 1. The summed E-state index contributed by atoms with van der Waals surface area (Å²) < 4.78 is 6.05. The second kappa shape index (κ2) is 7.35. The standard InChI is InChI=1S/C17H21N3O4S/c1-10(17(23)24-2)19-13(21)7-8-20-9-18-15-14(16(20)22)11-5-3-4-6-12(11)25-15/h9-10H,3-8H2,1-2H3,(H,19,21)/t10-/m0/s1. The third-order valence-corrected chi connectivity index (χ3v) is 5.65. The largest absolute Gasteiger partial charge is 0.467 e. The highest BCUT2D eigenvalue weighted by molar-refractivity contribution is 7.18. The average Bonchev–Trinajstić information content (AvgIpc) is 2.99. The predicted molar refractivity (Wildman–Crippen MR) is 94.8 cm³/mol. The fraction of sp³-hybridized carbons (Fsp3) is 0.529. The zero-order valence-electron chi connectivity index (χ0n) is 14.3. The first-order valence-electron chi connectivity index (χ1n) is 8.38. The van der Waals surface area contributed by atoms with Crippen molar-refractivity contribution >= 4 is 33.4 Å². The van der Waals surface area contributed by atoms with Crippen LogP contribution in [0, 0.1) is 0 Å². The van der Waals surface area contributed by atoms with Crippen LogP contribution in [-0.4, -0.2) is 34.6 Å². The molecule has 8 heteroatoms. The van der Waals surface area contributed by atoms with E-state index in [9.17, 15) is 14.4 Å². The van der Waals surface area contributed by atoms with Crippen LogP contribution in [0.15, 0.2) is 11.1 Å². The molecule has 2 heterocycles. The van der Waals surface area contributed by atoms with Gasteiger partial charge in [-0.1, -0.05) is 0 Å². The van der Waals surface area contributed by atoms with Crippen molar-refractivity contribution in [2.45, 2.75) is 51.6 Å². The molecule has 134 valence electrons. The van der Waals surface area contributed by atoms with Gasteiger partial charge in [0.1, 0.15) is 10.9 Å². The van der Waals surface area contributed by atoms with Crippen LogP contribution in [0.4, 0.5) is 0 Å². The maximum Gasteiger partial charge on any atom is 0.328 e. The van der Waals surface area contributed by atoms with Gasteiger partial charge < -0.3 is 10.1 Å². The number of carbonyl (C=O) groups excluding carboxylic acids is 2. The average molecular weight is 363 g/mol. The van der Waals surface area contributed by atoms with Gasteiger partial charge in [0, 0.05) is 17.8 Å². The van der Waals surface area contributed by atoms with E-state index in [0.717, 1.165) is 36.1 Å². The van der Waals surface area contributed by atoms with Gasteiger partial charge in [-0.2, -0.15) is 0 Å². The van der Waals surface area contributed by atoms with Crippen molar-refractivity contribution in [3.05, 3.63) is 27.1 Å². The molecule has 0 saturated carbocycles. The molecule has 1 aliphatic carbocycles. The lowest BCUT2D eigenvalue weighted by Crippen LogP contribution is -2.39. The number of hydrogen-bond acceptors (Lipinski definition) is 6. The van der Waals surface area contributed by atoms with E-state index in [4.69, 9.17) is 0 Å². The number of ether oxygens (including phenoxy) is 1.